The minimum atomic E-state index is -4.43. The number of piperazine rings is 1. The Bertz CT molecular complexity index is 923. The van der Waals surface area contributed by atoms with Crippen LogP contribution in [0.3, 0.4) is 0 Å². The Balaban J connectivity index is 1.68. The maximum absolute atomic E-state index is 13.4. The average Bonchev–Trinajstić information content (AvgIpc) is 3.28. The van der Waals surface area contributed by atoms with Crippen molar-refractivity contribution in [1.82, 2.24) is 24.6 Å². The summed E-state index contributed by atoms with van der Waals surface area (Å²) in [5, 5.41) is 4.21. The first-order valence-corrected chi connectivity index (χ1v) is 11.0. The molecule has 2 aromatic rings. The molecular weight excluding hydrogens is 415 g/mol. The molecule has 1 aromatic heterocycles. The van der Waals surface area contributed by atoms with Gasteiger partial charge in [0.2, 0.25) is 0 Å². The van der Waals surface area contributed by atoms with Crippen molar-refractivity contribution in [1.29, 1.82) is 0 Å². The Morgan fingerprint density at radius 3 is 2.53 bits per heavy atom. The zero-order valence-corrected chi connectivity index (χ0v) is 17.7. The zero-order valence-electron chi connectivity index (χ0n) is 16.9. The summed E-state index contributed by atoms with van der Waals surface area (Å²) in [4.78, 5) is 22.0. The van der Waals surface area contributed by atoms with Crippen LogP contribution in [0.4, 0.5) is 13.2 Å². The van der Waals surface area contributed by atoms with Gasteiger partial charge in [-0.2, -0.15) is 17.9 Å². The van der Waals surface area contributed by atoms with Gasteiger partial charge in [0.15, 0.2) is 11.0 Å². The summed E-state index contributed by atoms with van der Waals surface area (Å²) in [5.41, 5.74) is -0.195. The molecule has 2 aliphatic rings. The van der Waals surface area contributed by atoms with Crippen molar-refractivity contribution in [2.75, 3.05) is 32.7 Å². The number of fused-ring (bicyclic) bond motifs is 1. The molecule has 2 unspecified atom stereocenters. The number of aryl methyl sites for hydroxylation is 1. The van der Waals surface area contributed by atoms with E-state index in [1.54, 1.807) is 6.07 Å². The Kier molecular flexibility index (Phi) is 5.91. The molecule has 10 heteroatoms. The lowest BCUT2D eigenvalue weighted by Crippen LogP contribution is -2.50. The Hall–Kier alpha value is -1.91. The van der Waals surface area contributed by atoms with Crippen LogP contribution >= 0.6 is 11.8 Å². The standard InChI is InChI=1S/C20H24F3N5OS/c1-3-15-24-19-28(25-15)18(29)17(30-19)16(27-10-8-26(4-2)9-11-27)13-6-5-7-14(12-13)20(21,22)23/h5-7,12,16-17H,3-4,8-11H2,1-2H3. The van der Waals surface area contributed by atoms with Gasteiger partial charge in [0.05, 0.1) is 11.6 Å². The zero-order chi connectivity index (χ0) is 21.5. The molecule has 162 valence electrons. The second kappa shape index (κ2) is 8.32. The third kappa shape index (κ3) is 4.00. The number of rotatable bonds is 5. The van der Waals surface area contributed by atoms with Crippen LogP contribution in [0, 0.1) is 0 Å². The number of likely N-dealkylation sites (N-methyl/N-ethyl adjacent to an activating group) is 1. The van der Waals surface area contributed by atoms with E-state index in [4.69, 9.17) is 0 Å². The number of alkyl halides is 3. The van der Waals surface area contributed by atoms with Gasteiger partial charge in [-0.15, -0.1) is 5.10 Å². The number of benzene rings is 1. The quantitative estimate of drug-likeness (QED) is 0.712. The summed E-state index contributed by atoms with van der Waals surface area (Å²) in [6, 6.07) is 4.88. The number of hydrogen-bond acceptors (Lipinski definition) is 6. The van der Waals surface area contributed by atoms with Crippen molar-refractivity contribution >= 4 is 17.7 Å². The topological polar surface area (TPSA) is 54.3 Å². The molecular formula is C20H24F3N5OS. The van der Waals surface area contributed by atoms with E-state index in [1.807, 2.05) is 6.92 Å². The van der Waals surface area contributed by atoms with Crippen molar-refractivity contribution in [3.63, 3.8) is 0 Å². The first kappa shape index (κ1) is 21.3. The first-order chi connectivity index (χ1) is 14.3. The van der Waals surface area contributed by atoms with E-state index in [-0.39, 0.29) is 5.91 Å². The van der Waals surface area contributed by atoms with E-state index in [1.165, 1.54) is 28.6 Å². The number of hydrogen-bond donors (Lipinski definition) is 0. The Morgan fingerprint density at radius 1 is 1.20 bits per heavy atom. The van der Waals surface area contributed by atoms with Crippen LogP contribution in [0.15, 0.2) is 29.4 Å². The van der Waals surface area contributed by atoms with Crippen molar-refractivity contribution in [3.05, 3.63) is 41.2 Å². The van der Waals surface area contributed by atoms with Crippen LogP contribution in [0.1, 0.15) is 41.6 Å². The third-order valence-electron chi connectivity index (χ3n) is 5.71. The number of aromatic nitrogens is 3. The van der Waals surface area contributed by atoms with Gasteiger partial charge in [-0.25, -0.2) is 4.98 Å². The third-order valence-corrected chi connectivity index (χ3v) is 6.90. The highest BCUT2D eigenvalue weighted by atomic mass is 32.2. The molecule has 0 saturated carbocycles. The highest BCUT2D eigenvalue weighted by molar-refractivity contribution is 8.00. The van der Waals surface area contributed by atoms with Gasteiger partial charge >= 0.3 is 6.18 Å². The number of thioether (sulfide) groups is 1. The number of nitrogens with zero attached hydrogens (tertiary/aromatic N) is 5. The highest BCUT2D eigenvalue weighted by Crippen LogP contribution is 2.42. The van der Waals surface area contributed by atoms with Crippen LogP contribution in [-0.4, -0.2) is 68.4 Å². The number of carbonyl (C=O) groups excluding carboxylic acids is 1. The summed E-state index contributed by atoms with van der Waals surface area (Å²) in [5.74, 6) is 0.374. The monoisotopic (exact) mass is 439 g/mol. The highest BCUT2D eigenvalue weighted by Gasteiger charge is 2.44. The molecule has 1 saturated heterocycles. The van der Waals surface area contributed by atoms with Gasteiger partial charge in [-0.05, 0) is 24.2 Å². The average molecular weight is 440 g/mol. The maximum atomic E-state index is 13.4. The van der Waals surface area contributed by atoms with Crippen molar-refractivity contribution in [3.8, 4) is 0 Å². The molecule has 2 aliphatic heterocycles. The lowest BCUT2D eigenvalue weighted by molar-refractivity contribution is -0.137. The first-order valence-electron chi connectivity index (χ1n) is 10.1. The van der Waals surface area contributed by atoms with Crippen LogP contribution in [0.2, 0.25) is 0 Å². The van der Waals surface area contributed by atoms with Gasteiger partial charge in [0.1, 0.15) is 5.25 Å². The fraction of sp³-hybridized carbons (Fsp3) is 0.550. The second-order valence-electron chi connectivity index (χ2n) is 7.49. The Labute approximate surface area is 177 Å². The molecule has 6 nitrogen and oxygen atoms in total. The predicted octanol–water partition coefficient (Wildman–Crippen LogP) is 3.35. The summed E-state index contributed by atoms with van der Waals surface area (Å²) < 4.78 is 41.4. The lowest BCUT2D eigenvalue weighted by Gasteiger charge is -2.40. The largest absolute Gasteiger partial charge is 0.416 e. The molecule has 0 N–H and O–H groups in total. The predicted molar refractivity (Wildman–Crippen MR) is 108 cm³/mol. The fourth-order valence-corrected chi connectivity index (χ4v) is 5.30. The van der Waals surface area contributed by atoms with E-state index in [9.17, 15) is 18.0 Å². The van der Waals surface area contributed by atoms with Crippen LogP contribution < -0.4 is 0 Å². The SMILES string of the molecule is CCc1nc2n(n1)C(=O)C(C(c1cccc(C(F)(F)F)c1)N1CCN(CC)CC1)S2. The van der Waals surface area contributed by atoms with Crippen molar-refractivity contribution < 1.29 is 18.0 Å². The molecule has 1 aromatic carbocycles. The normalized spacial score (nSPS) is 21.8. The summed E-state index contributed by atoms with van der Waals surface area (Å²) in [6.07, 6.45) is -3.81. The van der Waals surface area contributed by atoms with Crippen LogP contribution in [0.5, 0.6) is 0 Å². The fourth-order valence-electron chi connectivity index (χ4n) is 4.03. The van der Waals surface area contributed by atoms with E-state index in [0.717, 1.165) is 25.7 Å². The molecule has 2 atom stereocenters. The van der Waals surface area contributed by atoms with Crippen molar-refractivity contribution in [2.24, 2.45) is 0 Å². The van der Waals surface area contributed by atoms with Gasteiger partial charge < -0.3 is 4.90 Å². The minimum absolute atomic E-state index is 0.220. The molecule has 3 heterocycles. The smallest absolute Gasteiger partial charge is 0.301 e. The number of halogens is 3. The minimum Gasteiger partial charge on any atom is -0.301 e. The molecule has 0 radical (unpaired) electrons. The number of carbonyl (C=O) groups is 1. The molecule has 0 spiro atoms. The molecule has 30 heavy (non-hydrogen) atoms. The van der Waals surface area contributed by atoms with E-state index >= 15 is 0 Å². The van der Waals surface area contributed by atoms with E-state index < -0.39 is 23.0 Å². The molecule has 1 fully saturated rings. The van der Waals surface area contributed by atoms with Gasteiger partial charge in [0, 0.05) is 32.6 Å². The second-order valence-corrected chi connectivity index (χ2v) is 8.60. The molecule has 4 rings (SSSR count). The van der Waals surface area contributed by atoms with Gasteiger partial charge in [-0.1, -0.05) is 37.7 Å². The summed E-state index contributed by atoms with van der Waals surface area (Å²) in [6.45, 7) is 7.95. The van der Waals surface area contributed by atoms with Crippen LogP contribution in [-0.2, 0) is 12.6 Å². The van der Waals surface area contributed by atoms with E-state index in [2.05, 4.69) is 26.8 Å². The summed E-state index contributed by atoms with van der Waals surface area (Å²) in [7, 11) is 0. The molecule has 0 bridgehead atoms. The van der Waals surface area contributed by atoms with Gasteiger partial charge in [-0.3, -0.25) is 9.69 Å². The van der Waals surface area contributed by atoms with Gasteiger partial charge in [0.25, 0.3) is 5.91 Å². The maximum Gasteiger partial charge on any atom is 0.416 e. The summed E-state index contributed by atoms with van der Waals surface area (Å²) >= 11 is 1.30. The Morgan fingerprint density at radius 2 is 1.93 bits per heavy atom. The van der Waals surface area contributed by atoms with Crippen molar-refractivity contribution in [2.45, 2.75) is 42.9 Å². The lowest BCUT2D eigenvalue weighted by atomic mass is 9.98. The molecule has 0 aliphatic carbocycles. The molecule has 0 amide bonds. The van der Waals surface area contributed by atoms with E-state index in [0.29, 0.717) is 36.1 Å². The van der Waals surface area contributed by atoms with Crippen LogP contribution in [0.25, 0.3) is 0 Å².